The maximum atomic E-state index is 5.00. The molecule has 0 saturated heterocycles. The van der Waals surface area contributed by atoms with E-state index in [1.165, 1.54) is 12.8 Å². The van der Waals surface area contributed by atoms with Crippen molar-refractivity contribution < 1.29 is 39.6 Å². The molecule has 0 unspecified atom stereocenters. The Balaban J connectivity index is -0.000000178. The zero-order valence-corrected chi connectivity index (χ0v) is 15.6. The summed E-state index contributed by atoms with van der Waals surface area (Å²) in [7, 11) is 0. The summed E-state index contributed by atoms with van der Waals surface area (Å²) >= 11 is 3.21. The molecule has 0 spiro atoms. The van der Waals surface area contributed by atoms with Crippen LogP contribution in [0.4, 0.5) is 0 Å². The summed E-state index contributed by atoms with van der Waals surface area (Å²) in [4.78, 5) is 0. The Bertz CT molecular complexity index is 318. The number of hydrogen-bond donors (Lipinski definition) is 0. The fourth-order valence-corrected chi connectivity index (χ4v) is 2.11. The molecule has 0 nitrogen and oxygen atoms in total. The molecule has 2 heteroatoms. The molecule has 0 N–H and O–H groups in total. The Morgan fingerprint density at radius 2 is 0.944 bits per heavy atom. The Labute approximate surface area is 135 Å². The van der Waals surface area contributed by atoms with Crippen molar-refractivity contribution in [3.63, 3.8) is 0 Å². The Morgan fingerprint density at radius 1 is 0.667 bits per heavy atom. The van der Waals surface area contributed by atoms with E-state index in [0.717, 1.165) is 0 Å². The van der Waals surface area contributed by atoms with Gasteiger partial charge < -0.3 is 38.5 Å². The molecule has 0 saturated carbocycles. The van der Waals surface area contributed by atoms with Gasteiger partial charge in [0.25, 0.3) is 0 Å². The van der Waals surface area contributed by atoms with E-state index in [9.17, 15) is 0 Å². The Hall–Kier alpha value is -0.983. The van der Waals surface area contributed by atoms with Crippen LogP contribution in [0.2, 0.25) is 0 Å². The van der Waals surface area contributed by atoms with E-state index in [1.54, 1.807) is 47.6 Å². The van der Waals surface area contributed by atoms with Gasteiger partial charge in [-0.05, 0) is 0 Å². The normalized spacial score (nSPS) is 12.4. The average Bonchev–Trinajstić information content (AvgIpc) is 3.11. The third-order valence-corrected chi connectivity index (χ3v) is 3.65. The van der Waals surface area contributed by atoms with Crippen LogP contribution in [-0.4, -0.2) is 0 Å². The topological polar surface area (TPSA) is 0 Å². The zero-order chi connectivity index (χ0) is 14.8. The van der Waals surface area contributed by atoms with E-state index in [4.69, 9.17) is 38.5 Å². The molecule has 86 valence electrons. The van der Waals surface area contributed by atoms with Crippen LogP contribution < -0.4 is 0 Å². The third-order valence-electron chi connectivity index (χ3n) is 1.47. The van der Waals surface area contributed by atoms with Crippen molar-refractivity contribution >= 4 is 0 Å². The van der Waals surface area contributed by atoms with Crippen LogP contribution in [0, 0.1) is 38.5 Å². The summed E-state index contributed by atoms with van der Waals surface area (Å²) in [6.45, 7) is 0. The van der Waals surface area contributed by atoms with Gasteiger partial charge in [0.2, 0.25) is 0 Å². The van der Waals surface area contributed by atoms with Gasteiger partial charge in [-0.3, -0.25) is 0 Å². The first kappa shape index (κ1) is 22.2. The predicted octanol–water partition coefficient (Wildman–Crippen LogP) is 3.24. The molecule has 2 aliphatic rings. The van der Waals surface area contributed by atoms with Gasteiger partial charge in [-0.25, -0.2) is 0 Å². The molecular weight excluding hydrogens is 560 g/mol. The SMILES string of the molecule is [C-]#[C-].[C-]#[C-].[C-]#[C-].[W+3][C]1=CC=CC1.[W+3][C]1=CC=CC1. The second kappa shape index (κ2) is 21.3. The molecule has 0 aliphatic heterocycles. The fraction of sp³-hybridized carbons (Fsp3) is 0.125. The molecule has 0 heterocycles. The number of allylic oxidation sites excluding steroid dienone is 8. The second-order valence-electron chi connectivity index (χ2n) is 2.53. The van der Waals surface area contributed by atoms with Gasteiger partial charge >= 0.3 is 96.9 Å². The first-order valence-corrected chi connectivity index (χ1v) is 7.53. The minimum atomic E-state index is 1.20. The quantitative estimate of drug-likeness (QED) is 0.311. The molecule has 0 atom stereocenters. The summed E-state index contributed by atoms with van der Waals surface area (Å²) in [6, 6.07) is 0. The molecule has 0 aromatic carbocycles. The molecule has 0 fully saturated rings. The maximum absolute atomic E-state index is 5.00. The van der Waals surface area contributed by atoms with Crippen LogP contribution in [-0.2, 0) is 39.6 Å². The van der Waals surface area contributed by atoms with Crippen LogP contribution in [0.25, 0.3) is 0 Å². The van der Waals surface area contributed by atoms with E-state index >= 15 is 0 Å². The van der Waals surface area contributed by atoms with Crippen LogP contribution in [0.5, 0.6) is 0 Å². The monoisotopic (exact) mass is 570 g/mol. The minimum absolute atomic E-state index is 1.20. The molecule has 2 rings (SSSR count). The number of rotatable bonds is 0. The summed E-state index contributed by atoms with van der Waals surface area (Å²) < 4.78 is 3.10. The van der Waals surface area contributed by atoms with E-state index in [-0.39, 0.29) is 0 Å². The van der Waals surface area contributed by atoms with Gasteiger partial charge in [-0.1, -0.05) is 0 Å². The zero-order valence-electron chi connectivity index (χ0n) is 9.69. The molecule has 0 amide bonds. The first-order valence-electron chi connectivity index (χ1n) is 4.59. The average molecular weight is 570 g/mol. The van der Waals surface area contributed by atoms with Crippen molar-refractivity contribution in [3.05, 3.63) is 82.9 Å². The van der Waals surface area contributed by atoms with Crippen LogP contribution >= 0.6 is 0 Å². The van der Waals surface area contributed by atoms with Gasteiger partial charge in [0.15, 0.2) is 0 Å². The first-order chi connectivity index (χ1) is 8.79. The Morgan fingerprint density at radius 3 is 1.00 bits per heavy atom. The second-order valence-corrected chi connectivity index (χ2v) is 6.30. The van der Waals surface area contributed by atoms with Crippen molar-refractivity contribution in [2.75, 3.05) is 0 Å². The van der Waals surface area contributed by atoms with E-state index in [1.807, 2.05) is 0 Å². The number of hydrogen-bond acceptors (Lipinski definition) is 0. The summed E-state index contributed by atoms with van der Waals surface area (Å²) in [5, 5.41) is 0. The van der Waals surface area contributed by atoms with Gasteiger partial charge in [0.05, 0.1) is 0 Å². The van der Waals surface area contributed by atoms with Gasteiger partial charge in [0, 0.05) is 0 Å². The molecule has 18 heavy (non-hydrogen) atoms. The summed E-state index contributed by atoms with van der Waals surface area (Å²) in [5.41, 5.74) is 0. The van der Waals surface area contributed by atoms with Crippen molar-refractivity contribution in [1.29, 1.82) is 0 Å². The van der Waals surface area contributed by atoms with Crippen LogP contribution in [0.1, 0.15) is 12.8 Å². The van der Waals surface area contributed by atoms with Gasteiger partial charge in [-0.2, -0.15) is 0 Å². The van der Waals surface area contributed by atoms with Crippen molar-refractivity contribution in [3.8, 4) is 0 Å². The van der Waals surface area contributed by atoms with Crippen LogP contribution in [0.3, 0.4) is 0 Å². The van der Waals surface area contributed by atoms with Gasteiger partial charge in [-0.15, -0.1) is 0 Å². The predicted molar refractivity (Wildman–Crippen MR) is 63.1 cm³/mol. The van der Waals surface area contributed by atoms with Crippen LogP contribution in [0.15, 0.2) is 44.4 Å². The molecule has 0 aromatic heterocycles. The Kier molecular flexibility index (Phi) is 26.3. The third kappa shape index (κ3) is 17.4. The molecule has 0 bridgehead atoms. The van der Waals surface area contributed by atoms with Crippen molar-refractivity contribution in [2.24, 2.45) is 0 Å². The molecule has 0 aromatic rings. The molecular formula is C16H10W2. The van der Waals surface area contributed by atoms with E-state index in [2.05, 4.69) is 36.5 Å². The van der Waals surface area contributed by atoms with E-state index < -0.39 is 0 Å². The van der Waals surface area contributed by atoms with Gasteiger partial charge in [0.1, 0.15) is 0 Å². The van der Waals surface area contributed by atoms with Crippen molar-refractivity contribution in [1.82, 2.24) is 0 Å². The molecule has 2 aliphatic carbocycles. The standard InChI is InChI=1S/2C5H5.3C2.2W/c2*1-2-4-5-3-1;3*1-2;;/h2*1-3H,4H2;;;;;/q;;3*-2;2*+3. The van der Waals surface area contributed by atoms with Crippen molar-refractivity contribution in [2.45, 2.75) is 12.8 Å². The summed E-state index contributed by atoms with van der Waals surface area (Å²) in [6.07, 6.45) is 45.4. The molecule has 0 radical (unpaired) electrons. The summed E-state index contributed by atoms with van der Waals surface area (Å²) in [5.74, 6) is 0. The fourth-order valence-electron chi connectivity index (χ4n) is 0.855. The van der Waals surface area contributed by atoms with E-state index in [0.29, 0.717) is 0 Å².